The summed E-state index contributed by atoms with van der Waals surface area (Å²) in [7, 11) is 3.39. The van der Waals surface area contributed by atoms with Gasteiger partial charge in [0, 0.05) is 113 Å². The molecule has 0 spiro atoms. The van der Waals surface area contributed by atoms with E-state index in [0.717, 1.165) is 103 Å². The Hall–Kier alpha value is -6.74. The maximum Gasteiger partial charge on any atom is 0.317 e. The third-order valence-electron chi connectivity index (χ3n) is 16.6. The number of rotatable bonds is 20. The van der Waals surface area contributed by atoms with Gasteiger partial charge < -0.3 is 40.7 Å². The predicted molar refractivity (Wildman–Crippen MR) is 308 cm³/mol. The first-order chi connectivity index (χ1) is 38.9. The fourth-order valence-corrected chi connectivity index (χ4v) is 12.9. The lowest BCUT2D eigenvalue weighted by molar-refractivity contribution is -0.144. The second-order valence-corrected chi connectivity index (χ2v) is 24.3. The van der Waals surface area contributed by atoms with Gasteiger partial charge in [-0.2, -0.15) is 10.2 Å². The molecule has 3 atom stereocenters. The zero-order chi connectivity index (χ0) is 57.5. The number of hydrogen-bond acceptors (Lipinski definition) is 11. The number of aromatic nitrogens is 5. The quantitative estimate of drug-likeness (QED) is 0.0545. The van der Waals surface area contributed by atoms with Crippen molar-refractivity contribution in [3.63, 3.8) is 0 Å². The maximum atomic E-state index is 14.8. The van der Waals surface area contributed by atoms with Gasteiger partial charge in [-0.3, -0.25) is 28.5 Å². The maximum absolute atomic E-state index is 14.8. The number of likely N-dealkylation sites (tertiary alicyclic amines) is 2. The summed E-state index contributed by atoms with van der Waals surface area (Å²) in [6, 6.07) is 9.54. The molecule has 436 valence electrons. The molecule has 81 heavy (non-hydrogen) atoms. The van der Waals surface area contributed by atoms with Crippen molar-refractivity contribution in [2.75, 3.05) is 44.7 Å². The minimum absolute atomic E-state index is 0.0125. The number of anilines is 2. The van der Waals surface area contributed by atoms with Crippen molar-refractivity contribution in [2.24, 2.45) is 12.5 Å². The zero-order valence-corrected chi connectivity index (χ0v) is 48.6. The number of urea groups is 1. The summed E-state index contributed by atoms with van der Waals surface area (Å²) in [5.41, 5.74) is 8.84. The largest absolute Gasteiger partial charge is 0.391 e. The molecule has 4 aliphatic heterocycles. The molecular formula is C60H80F2N12O6S. The van der Waals surface area contributed by atoms with E-state index in [2.05, 4.69) is 35.6 Å². The summed E-state index contributed by atoms with van der Waals surface area (Å²) in [5.74, 6) is -0.0969. The number of halogens is 2. The van der Waals surface area contributed by atoms with E-state index in [9.17, 15) is 37.9 Å². The molecule has 21 heteroatoms. The Balaban J connectivity index is 0.703. The summed E-state index contributed by atoms with van der Waals surface area (Å²) in [6.07, 6.45) is 10.5. The zero-order valence-electron chi connectivity index (χ0n) is 47.8. The normalized spacial score (nSPS) is 18.0. The van der Waals surface area contributed by atoms with Crippen LogP contribution in [0, 0.1) is 12.3 Å². The van der Waals surface area contributed by atoms with Crippen LogP contribution >= 0.6 is 11.3 Å². The van der Waals surface area contributed by atoms with E-state index in [1.54, 1.807) is 53.5 Å². The molecule has 7 heterocycles. The van der Waals surface area contributed by atoms with Gasteiger partial charge in [0.05, 0.1) is 41.0 Å². The summed E-state index contributed by atoms with van der Waals surface area (Å²) in [6.45, 7) is 10.6. The van der Waals surface area contributed by atoms with Gasteiger partial charge in [0.25, 0.3) is 6.43 Å². The molecule has 5 aromatic rings. The Morgan fingerprint density at radius 2 is 1.60 bits per heavy atom. The summed E-state index contributed by atoms with van der Waals surface area (Å²) in [5, 5.41) is 28.9. The number of carbonyl (C=O) groups excluding carboxylic acids is 5. The molecule has 0 unspecified atom stereocenters. The monoisotopic (exact) mass is 1130 g/mol. The van der Waals surface area contributed by atoms with Gasteiger partial charge in [0.2, 0.25) is 23.6 Å². The molecule has 2 aromatic carbocycles. The number of fused-ring (bicyclic) bond motifs is 2. The number of aliphatic hydroxyl groups excluding tert-OH is 1. The lowest BCUT2D eigenvalue weighted by atomic mass is 9.85. The van der Waals surface area contributed by atoms with Crippen LogP contribution < -0.4 is 20.9 Å². The van der Waals surface area contributed by atoms with Gasteiger partial charge in [0.15, 0.2) is 5.82 Å². The second kappa shape index (κ2) is 26.0. The van der Waals surface area contributed by atoms with Crippen LogP contribution in [0.1, 0.15) is 150 Å². The number of aliphatic hydroxyl groups is 1. The number of aryl methyl sites for hydroxylation is 3. The van der Waals surface area contributed by atoms with E-state index in [0.29, 0.717) is 74.6 Å². The topological polar surface area (TPSA) is 203 Å². The van der Waals surface area contributed by atoms with Crippen molar-refractivity contribution in [3.05, 3.63) is 87.9 Å². The lowest BCUT2D eigenvalue weighted by Crippen LogP contribution is -2.57. The fourth-order valence-electron chi connectivity index (χ4n) is 12.1. The lowest BCUT2D eigenvalue weighted by Gasteiger charge is -2.35. The first-order valence-electron chi connectivity index (χ1n) is 29.0. The molecular weight excluding hydrogens is 1050 g/mol. The van der Waals surface area contributed by atoms with Crippen LogP contribution in [0.25, 0.3) is 21.6 Å². The molecule has 2 saturated heterocycles. The average Bonchev–Trinajstić information content (AvgIpc) is 4.49. The Kier molecular flexibility index (Phi) is 18.9. The Bertz CT molecular complexity index is 3030. The van der Waals surface area contributed by atoms with Crippen LogP contribution in [0.15, 0.2) is 54.3 Å². The molecule has 0 saturated carbocycles. The van der Waals surface area contributed by atoms with Crippen LogP contribution in [-0.4, -0.2) is 132 Å². The number of amides is 6. The highest BCUT2D eigenvalue weighted by Gasteiger charge is 2.45. The highest BCUT2D eigenvalue weighted by atomic mass is 32.1. The van der Waals surface area contributed by atoms with Crippen molar-refractivity contribution in [2.45, 2.75) is 168 Å². The number of nitrogens with zero attached hydrogens (tertiary/aromatic N) is 9. The van der Waals surface area contributed by atoms with Gasteiger partial charge in [-0.25, -0.2) is 18.6 Å². The van der Waals surface area contributed by atoms with E-state index in [4.69, 9.17) is 5.10 Å². The smallest absolute Gasteiger partial charge is 0.317 e. The molecule has 6 amide bonds. The minimum atomic E-state index is -2.70. The molecule has 18 nitrogen and oxygen atoms in total. The van der Waals surface area contributed by atoms with Gasteiger partial charge in [-0.05, 0) is 85.3 Å². The third-order valence-corrected chi connectivity index (χ3v) is 17.6. The number of carbonyl (C=O) groups is 5. The Labute approximate surface area is 478 Å². The molecule has 2 fully saturated rings. The van der Waals surface area contributed by atoms with Crippen LogP contribution in [0.3, 0.4) is 0 Å². The van der Waals surface area contributed by atoms with Gasteiger partial charge in [0.1, 0.15) is 12.1 Å². The number of piperidine rings is 1. The van der Waals surface area contributed by atoms with E-state index >= 15 is 0 Å². The van der Waals surface area contributed by atoms with E-state index in [1.165, 1.54) is 4.90 Å². The van der Waals surface area contributed by atoms with Crippen LogP contribution in [-0.2, 0) is 52.2 Å². The Morgan fingerprint density at radius 3 is 2.26 bits per heavy atom. The highest BCUT2D eigenvalue weighted by Crippen LogP contribution is 2.44. The summed E-state index contributed by atoms with van der Waals surface area (Å²) < 4.78 is 33.3. The van der Waals surface area contributed by atoms with Gasteiger partial charge in [-0.1, -0.05) is 77.1 Å². The first-order valence-corrected chi connectivity index (χ1v) is 29.9. The molecule has 0 bridgehead atoms. The number of β-amino-alcohol motifs (C(OH)–C–C–N with tert-alkyl or cyclic N) is 1. The number of thiazole rings is 1. The van der Waals surface area contributed by atoms with Crippen LogP contribution in [0.4, 0.5) is 25.1 Å². The molecule has 0 aliphatic carbocycles. The van der Waals surface area contributed by atoms with E-state index in [-0.39, 0.29) is 67.2 Å². The first kappa shape index (κ1) is 58.9. The molecule has 3 aromatic heterocycles. The third kappa shape index (κ3) is 13.8. The summed E-state index contributed by atoms with van der Waals surface area (Å²) >= 11 is 1.58. The fraction of sp³-hybridized carbons (Fsp3) is 0.567. The van der Waals surface area contributed by atoms with Crippen molar-refractivity contribution >= 4 is 52.5 Å². The van der Waals surface area contributed by atoms with Crippen molar-refractivity contribution in [3.8, 4) is 21.6 Å². The number of alkyl halides is 2. The molecule has 4 N–H and O–H groups in total. The number of nitrogens with one attached hydrogen (secondary N) is 3. The van der Waals surface area contributed by atoms with Crippen molar-refractivity contribution in [1.82, 2.24) is 55.2 Å². The summed E-state index contributed by atoms with van der Waals surface area (Å²) in [4.78, 5) is 80.0. The van der Waals surface area contributed by atoms with E-state index in [1.807, 2.05) is 68.4 Å². The van der Waals surface area contributed by atoms with Crippen molar-refractivity contribution in [1.29, 1.82) is 0 Å². The number of unbranched alkanes of at least 4 members (excludes halogenated alkanes) is 6. The minimum Gasteiger partial charge on any atom is -0.391 e. The van der Waals surface area contributed by atoms with Crippen LogP contribution in [0.5, 0.6) is 0 Å². The molecule has 0 radical (unpaired) electrons. The predicted octanol–water partition coefficient (Wildman–Crippen LogP) is 8.92. The van der Waals surface area contributed by atoms with E-state index < -0.39 is 30.0 Å². The molecule has 4 aliphatic rings. The van der Waals surface area contributed by atoms with Crippen molar-refractivity contribution < 1.29 is 37.9 Å². The SMILES string of the molecule is CNC(=O)N1CCc2c(c(N3CCCc4cc(-c5cnn(C)c5)c(C(F)F)cc43)nn2C2CCN(C(=O)CCCCCCCCCC(=O)N[C@H](C(=O)N3C[C@H](O)C[C@H]3C(=O)NCc3ccc(-c4scnc4C)cc3)C(C)(C)C)CC2)C1. The Morgan fingerprint density at radius 1 is 0.889 bits per heavy atom. The van der Waals surface area contributed by atoms with Crippen LogP contribution in [0.2, 0.25) is 0 Å². The van der Waals surface area contributed by atoms with Gasteiger partial charge >= 0.3 is 6.03 Å². The standard InChI is InChI=1S/C60H80F2N12O6S/c1-38-53(81-37-65-38)40-20-18-39(19-21-40)32-64-57(78)50-30-44(75)35-73(50)58(79)54(60(2,3)4)67-51(76)16-12-10-8-7-9-11-13-17-52(77)70-26-22-43(23-27-70)74-48-24-28-71(59(80)63-5)36-47(48)56(68-74)72-25-14-15-41-29-45(42-33-66-69(6)34-42)46(55(61)62)31-49(41)72/h18-21,29,31,33-34,37,43-44,50,54-55,75H,7-17,22-28,30,32,35-36H2,1-6H3,(H,63,80)(H,64,78)(H,67,76)/t44-,50+,54-/m1/s1. The number of hydrogen-bond donors (Lipinski definition) is 4. The van der Waals surface area contributed by atoms with Gasteiger partial charge in [-0.15, -0.1) is 11.3 Å². The molecule has 9 rings (SSSR count). The highest BCUT2D eigenvalue weighted by molar-refractivity contribution is 7.13. The number of benzene rings is 2. The average molecular weight is 1140 g/mol. The second-order valence-electron chi connectivity index (χ2n) is 23.5.